The van der Waals surface area contributed by atoms with Crippen molar-refractivity contribution in [2.24, 2.45) is 5.73 Å². The van der Waals surface area contributed by atoms with Crippen LogP contribution in [-0.2, 0) is 4.74 Å². The van der Waals surface area contributed by atoms with Crippen molar-refractivity contribution < 1.29 is 9.47 Å². The van der Waals surface area contributed by atoms with Crippen LogP contribution >= 0.6 is 0 Å². The lowest BCUT2D eigenvalue weighted by molar-refractivity contribution is -0.0817. The van der Waals surface area contributed by atoms with Crippen LogP contribution < -0.4 is 10.5 Å². The topological polar surface area (TPSA) is 57.4 Å². The molecule has 0 radical (unpaired) electrons. The summed E-state index contributed by atoms with van der Waals surface area (Å²) in [5.41, 5.74) is 7.29. The van der Waals surface area contributed by atoms with Crippen LogP contribution in [0.5, 0.6) is 5.75 Å². The minimum Gasteiger partial charge on any atom is -0.489 e. The third-order valence-electron chi connectivity index (χ3n) is 3.82. The fraction of sp³-hybridized carbons (Fsp3) is 0.667. The predicted molar refractivity (Wildman–Crippen MR) is 75.1 cm³/mol. The molecule has 0 aliphatic heterocycles. The van der Waals surface area contributed by atoms with Crippen molar-refractivity contribution in [3.05, 3.63) is 24.0 Å². The third kappa shape index (κ3) is 3.45. The standard InChI is InChI=1S/C15H24N2O2/c1-11(2)19-13-7-12(9-17-10-13)14(16)8-15(18-3)5-4-6-15/h7,9-11,14H,4-6,8,16H2,1-3H3. The van der Waals surface area contributed by atoms with E-state index in [0.29, 0.717) is 0 Å². The number of ether oxygens (including phenoxy) is 2. The number of hydrogen-bond acceptors (Lipinski definition) is 4. The lowest BCUT2D eigenvalue weighted by atomic mass is 9.75. The van der Waals surface area contributed by atoms with Gasteiger partial charge in [-0.1, -0.05) is 0 Å². The van der Waals surface area contributed by atoms with E-state index in [0.717, 1.165) is 30.6 Å². The molecular formula is C15H24N2O2. The molecule has 1 aliphatic carbocycles. The van der Waals surface area contributed by atoms with Crippen molar-refractivity contribution in [1.29, 1.82) is 0 Å². The van der Waals surface area contributed by atoms with Crippen LogP contribution in [0.4, 0.5) is 0 Å². The molecule has 2 N–H and O–H groups in total. The zero-order chi connectivity index (χ0) is 13.9. The Morgan fingerprint density at radius 1 is 1.37 bits per heavy atom. The SMILES string of the molecule is COC1(CC(N)c2cncc(OC(C)C)c2)CCC1. The number of pyridine rings is 1. The van der Waals surface area contributed by atoms with Gasteiger partial charge in [-0.3, -0.25) is 4.98 Å². The van der Waals surface area contributed by atoms with Crippen LogP contribution in [0.2, 0.25) is 0 Å². The van der Waals surface area contributed by atoms with Crippen LogP contribution in [0.15, 0.2) is 18.5 Å². The minimum absolute atomic E-state index is 0.0195. The number of nitrogens with two attached hydrogens (primary N) is 1. The molecule has 0 spiro atoms. The molecule has 106 valence electrons. The first-order valence-corrected chi connectivity index (χ1v) is 6.97. The third-order valence-corrected chi connectivity index (χ3v) is 3.82. The normalized spacial score (nSPS) is 19.0. The molecule has 0 aromatic carbocycles. The summed E-state index contributed by atoms with van der Waals surface area (Å²) >= 11 is 0. The molecule has 1 fully saturated rings. The maximum absolute atomic E-state index is 6.29. The molecule has 19 heavy (non-hydrogen) atoms. The number of methoxy groups -OCH3 is 1. The van der Waals surface area contributed by atoms with Crippen molar-refractivity contribution in [2.45, 2.75) is 57.3 Å². The Hall–Kier alpha value is -1.13. The molecule has 1 saturated carbocycles. The van der Waals surface area contributed by atoms with Gasteiger partial charge in [-0.2, -0.15) is 0 Å². The van der Waals surface area contributed by atoms with Gasteiger partial charge >= 0.3 is 0 Å². The van der Waals surface area contributed by atoms with Crippen LogP contribution in [0.25, 0.3) is 0 Å². The number of hydrogen-bond donors (Lipinski definition) is 1. The van der Waals surface area contributed by atoms with E-state index in [1.165, 1.54) is 6.42 Å². The van der Waals surface area contributed by atoms with Gasteiger partial charge in [0.05, 0.1) is 17.9 Å². The summed E-state index contributed by atoms with van der Waals surface area (Å²) in [6.07, 6.45) is 7.97. The molecule has 0 amide bonds. The summed E-state index contributed by atoms with van der Waals surface area (Å²) in [6.45, 7) is 4.00. The van der Waals surface area contributed by atoms with E-state index in [4.69, 9.17) is 15.2 Å². The molecule has 1 aromatic heterocycles. The quantitative estimate of drug-likeness (QED) is 0.858. The van der Waals surface area contributed by atoms with Crippen molar-refractivity contribution >= 4 is 0 Å². The first kappa shape index (κ1) is 14.3. The highest BCUT2D eigenvalue weighted by Crippen LogP contribution is 2.41. The molecule has 0 bridgehead atoms. The van der Waals surface area contributed by atoms with Gasteiger partial charge in [0.1, 0.15) is 5.75 Å². The van der Waals surface area contributed by atoms with E-state index in [2.05, 4.69) is 4.98 Å². The Balaban J connectivity index is 2.04. The molecule has 1 heterocycles. The maximum atomic E-state index is 6.29. The number of aromatic nitrogens is 1. The van der Waals surface area contributed by atoms with E-state index in [9.17, 15) is 0 Å². The van der Waals surface area contributed by atoms with Crippen molar-refractivity contribution in [3.8, 4) is 5.75 Å². The second kappa shape index (κ2) is 5.88. The van der Waals surface area contributed by atoms with Crippen LogP contribution in [-0.4, -0.2) is 23.8 Å². The molecule has 1 atom stereocenters. The molecule has 2 rings (SSSR count). The number of nitrogens with zero attached hydrogens (tertiary/aromatic N) is 1. The fourth-order valence-corrected chi connectivity index (χ4v) is 2.56. The summed E-state index contributed by atoms with van der Waals surface area (Å²) in [5.74, 6) is 0.781. The Morgan fingerprint density at radius 2 is 2.11 bits per heavy atom. The highest BCUT2D eigenvalue weighted by atomic mass is 16.5. The van der Waals surface area contributed by atoms with Gasteiger partial charge in [-0.15, -0.1) is 0 Å². The Bertz CT molecular complexity index is 411. The van der Waals surface area contributed by atoms with Gasteiger partial charge in [-0.25, -0.2) is 0 Å². The Labute approximate surface area is 115 Å². The van der Waals surface area contributed by atoms with E-state index < -0.39 is 0 Å². The molecule has 1 aliphatic rings. The predicted octanol–water partition coefficient (Wildman–Crippen LogP) is 2.83. The Kier molecular flexibility index (Phi) is 4.42. The molecule has 0 saturated heterocycles. The monoisotopic (exact) mass is 264 g/mol. The summed E-state index contributed by atoms with van der Waals surface area (Å²) in [6, 6.07) is 1.93. The highest BCUT2D eigenvalue weighted by molar-refractivity contribution is 5.26. The summed E-state index contributed by atoms with van der Waals surface area (Å²) < 4.78 is 11.3. The van der Waals surface area contributed by atoms with Crippen LogP contribution in [0.3, 0.4) is 0 Å². The summed E-state index contributed by atoms with van der Waals surface area (Å²) in [7, 11) is 1.78. The minimum atomic E-state index is -0.0523. The molecular weight excluding hydrogens is 240 g/mol. The zero-order valence-corrected chi connectivity index (χ0v) is 12.1. The average molecular weight is 264 g/mol. The lowest BCUT2D eigenvalue weighted by Crippen LogP contribution is -2.41. The summed E-state index contributed by atoms with van der Waals surface area (Å²) in [4.78, 5) is 4.21. The second-order valence-electron chi connectivity index (χ2n) is 5.67. The molecule has 1 unspecified atom stereocenters. The second-order valence-corrected chi connectivity index (χ2v) is 5.67. The van der Waals surface area contributed by atoms with Gasteiger partial charge in [0.25, 0.3) is 0 Å². The molecule has 1 aromatic rings. The number of rotatable bonds is 6. The smallest absolute Gasteiger partial charge is 0.138 e. The van der Waals surface area contributed by atoms with E-state index in [-0.39, 0.29) is 17.7 Å². The lowest BCUT2D eigenvalue weighted by Gasteiger charge is -2.42. The van der Waals surface area contributed by atoms with E-state index in [1.807, 2.05) is 26.1 Å². The van der Waals surface area contributed by atoms with Crippen LogP contribution in [0.1, 0.15) is 51.1 Å². The van der Waals surface area contributed by atoms with Crippen LogP contribution in [0, 0.1) is 0 Å². The molecule has 4 nitrogen and oxygen atoms in total. The fourth-order valence-electron chi connectivity index (χ4n) is 2.56. The van der Waals surface area contributed by atoms with Crippen molar-refractivity contribution in [3.63, 3.8) is 0 Å². The largest absolute Gasteiger partial charge is 0.489 e. The van der Waals surface area contributed by atoms with Gasteiger partial charge in [0.2, 0.25) is 0 Å². The molecule has 4 heteroatoms. The zero-order valence-electron chi connectivity index (χ0n) is 12.1. The first-order chi connectivity index (χ1) is 9.04. The van der Waals surface area contributed by atoms with Crippen molar-refractivity contribution in [1.82, 2.24) is 4.98 Å². The van der Waals surface area contributed by atoms with E-state index >= 15 is 0 Å². The van der Waals surface area contributed by atoms with Gasteiger partial charge in [-0.05, 0) is 51.2 Å². The van der Waals surface area contributed by atoms with Gasteiger partial charge < -0.3 is 15.2 Å². The maximum Gasteiger partial charge on any atom is 0.138 e. The van der Waals surface area contributed by atoms with Crippen molar-refractivity contribution in [2.75, 3.05) is 7.11 Å². The first-order valence-electron chi connectivity index (χ1n) is 6.97. The Morgan fingerprint density at radius 3 is 2.63 bits per heavy atom. The average Bonchev–Trinajstić information content (AvgIpc) is 2.33. The van der Waals surface area contributed by atoms with Gasteiger partial charge in [0.15, 0.2) is 0 Å². The van der Waals surface area contributed by atoms with Gasteiger partial charge in [0, 0.05) is 19.3 Å². The highest BCUT2D eigenvalue weighted by Gasteiger charge is 2.38. The van der Waals surface area contributed by atoms with E-state index in [1.54, 1.807) is 13.3 Å². The summed E-state index contributed by atoms with van der Waals surface area (Å²) in [5, 5.41) is 0.